The summed E-state index contributed by atoms with van der Waals surface area (Å²) in [6.07, 6.45) is -4.82. The maximum absolute atomic E-state index is 15.0. The Kier molecular flexibility index (Phi) is 17.7. The van der Waals surface area contributed by atoms with E-state index in [0.29, 0.717) is 126 Å². The molecule has 6 aromatic heterocycles. The van der Waals surface area contributed by atoms with Crippen molar-refractivity contribution in [3.8, 4) is 165 Å². The second-order valence-electron chi connectivity index (χ2n) is 28.1. The first kappa shape index (κ1) is 70.6. The number of fused-ring (bicyclic) bond motifs is 6. The van der Waals surface area contributed by atoms with Gasteiger partial charge in [0.25, 0.3) is 0 Å². The molecule has 6 heterocycles. The van der Waals surface area contributed by atoms with Crippen LogP contribution in [0.3, 0.4) is 0 Å². The molecular formula is C99H57F3N16. The van der Waals surface area contributed by atoms with Gasteiger partial charge in [0.2, 0.25) is 0 Å². The van der Waals surface area contributed by atoms with Crippen LogP contribution in [-0.4, -0.2) is 68.9 Å². The minimum atomic E-state index is -4.82. The standard InChI is InChI=1S/C99H57F3N16/c1-104-80-58-86(118-83-55-70(97-113-91(64-34-18-6-19-35-64)107-92(114-97)65-36-20-7-21-37-65)44-49-77(83)78-50-45-71(56-84(78)118)98-115-93(66-38-22-8-23-39-66)108-94(116-98)67-40-24-9-25-41-67)85(57-79(80)74-51-46-73(99(100,101)102)52-72(74)59-103)117-81-53-68(95-109-87(60-26-10-2-11-27-60)105-88(110-95)61-28-12-3-13-29-61)42-47-75(81)76-48-43-69(54-82(76)117)96-111-89(62-30-14-4-15-31-62)106-90(112-96)63-32-16-5-17-33-63/h2-58H. The number of nitrogens with zero attached hydrogens (tertiary/aromatic N) is 16. The van der Waals surface area contributed by atoms with Crippen molar-refractivity contribution in [2.24, 2.45) is 0 Å². The molecule has 0 fully saturated rings. The van der Waals surface area contributed by atoms with Crippen LogP contribution in [0.5, 0.6) is 0 Å². The molecule has 0 spiro atoms. The Morgan fingerprint density at radius 3 is 0.703 bits per heavy atom. The normalized spacial score (nSPS) is 11.5. The van der Waals surface area contributed by atoms with E-state index < -0.39 is 11.7 Å². The van der Waals surface area contributed by atoms with Crippen molar-refractivity contribution in [1.29, 1.82) is 5.26 Å². The van der Waals surface area contributed by atoms with E-state index in [0.717, 1.165) is 78.2 Å². The lowest BCUT2D eigenvalue weighted by atomic mass is 9.95. The van der Waals surface area contributed by atoms with Gasteiger partial charge in [-0.05, 0) is 59.7 Å². The zero-order valence-corrected chi connectivity index (χ0v) is 62.2. The number of aromatic nitrogens is 14. The van der Waals surface area contributed by atoms with E-state index in [2.05, 4.69) is 20.0 Å². The van der Waals surface area contributed by atoms with Crippen LogP contribution in [0.25, 0.3) is 208 Å². The smallest absolute Gasteiger partial charge is 0.308 e. The molecule has 0 aliphatic rings. The highest BCUT2D eigenvalue weighted by Crippen LogP contribution is 2.48. The number of alkyl halides is 3. The zero-order chi connectivity index (χ0) is 79.4. The molecule has 0 aliphatic carbocycles. The molecule has 14 aromatic carbocycles. The van der Waals surface area contributed by atoms with Crippen LogP contribution < -0.4 is 0 Å². The monoisotopic (exact) mass is 1530 g/mol. The molecular weight excluding hydrogens is 1470 g/mol. The summed E-state index contributed by atoms with van der Waals surface area (Å²) in [5.74, 6) is 4.92. The summed E-state index contributed by atoms with van der Waals surface area (Å²) in [6.45, 7) is 9.34. The van der Waals surface area contributed by atoms with Crippen LogP contribution in [0.15, 0.2) is 346 Å². The average Bonchev–Trinajstić information content (AvgIpc) is 1.54. The second-order valence-corrected chi connectivity index (χ2v) is 28.1. The van der Waals surface area contributed by atoms with Gasteiger partial charge in [0.05, 0.1) is 57.2 Å². The predicted octanol–water partition coefficient (Wildman–Crippen LogP) is 23.7. The Bertz CT molecular complexity index is 6810. The van der Waals surface area contributed by atoms with Crippen LogP contribution in [-0.2, 0) is 6.18 Å². The highest BCUT2D eigenvalue weighted by atomic mass is 19.4. The van der Waals surface area contributed by atoms with Crippen molar-refractivity contribution in [2.75, 3.05) is 0 Å². The first-order chi connectivity index (χ1) is 58.0. The maximum atomic E-state index is 15.0. The third kappa shape index (κ3) is 13.2. The van der Waals surface area contributed by atoms with E-state index in [4.69, 9.17) is 59.8 Å². The van der Waals surface area contributed by atoms with Crippen molar-refractivity contribution in [1.82, 2.24) is 68.9 Å². The minimum Gasteiger partial charge on any atom is -0.308 e. The number of hydrogen-bond donors (Lipinski definition) is 0. The van der Waals surface area contributed by atoms with Crippen LogP contribution in [0.2, 0.25) is 0 Å². The van der Waals surface area contributed by atoms with Gasteiger partial charge in [-0.15, -0.1) is 0 Å². The lowest BCUT2D eigenvalue weighted by Gasteiger charge is -2.21. The van der Waals surface area contributed by atoms with Gasteiger partial charge in [0, 0.05) is 88.3 Å². The first-order valence-electron chi connectivity index (χ1n) is 37.8. The van der Waals surface area contributed by atoms with Crippen LogP contribution >= 0.6 is 0 Å². The molecule has 0 saturated heterocycles. The van der Waals surface area contributed by atoms with Crippen LogP contribution in [0.4, 0.5) is 18.9 Å². The summed E-state index contributed by atoms with van der Waals surface area (Å²) in [4.78, 5) is 66.6. The summed E-state index contributed by atoms with van der Waals surface area (Å²) in [5.41, 5.74) is 10.7. The third-order valence-corrected chi connectivity index (χ3v) is 20.8. The summed E-state index contributed by atoms with van der Waals surface area (Å²) in [5, 5.41) is 14.2. The Morgan fingerprint density at radius 1 is 0.254 bits per heavy atom. The molecule has 0 amide bonds. The van der Waals surface area contributed by atoms with Gasteiger partial charge in [-0.3, -0.25) is 0 Å². The number of hydrogen-bond acceptors (Lipinski definition) is 13. The second kappa shape index (κ2) is 29.5. The minimum absolute atomic E-state index is 0.00791. The van der Waals surface area contributed by atoms with Gasteiger partial charge in [-0.2, -0.15) is 18.4 Å². The Morgan fingerprint density at radius 2 is 0.483 bits per heavy atom. The van der Waals surface area contributed by atoms with Crippen molar-refractivity contribution < 1.29 is 13.2 Å². The first-order valence-corrected chi connectivity index (χ1v) is 37.8. The topological polar surface area (TPSA) is 193 Å². The molecule has 0 aliphatic heterocycles. The number of nitriles is 1. The van der Waals surface area contributed by atoms with Gasteiger partial charge in [-0.25, -0.2) is 64.7 Å². The Balaban J connectivity index is 0.928. The number of benzene rings is 14. The largest absolute Gasteiger partial charge is 0.416 e. The van der Waals surface area contributed by atoms with Crippen molar-refractivity contribution >= 4 is 49.3 Å². The molecule has 20 aromatic rings. The van der Waals surface area contributed by atoms with E-state index in [1.165, 1.54) is 6.07 Å². The SMILES string of the molecule is [C-]#[N+]c1cc(-n2c3cc(-c4nc(-c5ccccc5)nc(-c5ccccc5)n4)ccc3c3ccc(-c4nc(-c5ccccc5)nc(-c5ccccc5)n4)cc32)c(-n2c3cc(-c4nc(-c5ccccc5)nc(-c5ccccc5)n4)ccc3c3ccc(-c4nc(-c5ccccc5)nc(-c5ccccc5)n4)cc32)cc1-c1ccc(C(F)(F)F)cc1C#N. The summed E-state index contributed by atoms with van der Waals surface area (Å²) < 4.78 is 49.2. The molecule has 0 atom stereocenters. The van der Waals surface area contributed by atoms with Crippen LogP contribution in [0, 0.1) is 17.9 Å². The van der Waals surface area contributed by atoms with Gasteiger partial charge in [-0.1, -0.05) is 297 Å². The highest BCUT2D eigenvalue weighted by molar-refractivity contribution is 6.14. The number of halogens is 3. The van der Waals surface area contributed by atoms with Crippen molar-refractivity contribution in [2.45, 2.75) is 6.18 Å². The molecule has 19 heteroatoms. The summed E-state index contributed by atoms with van der Waals surface area (Å²) in [6, 6.07) is 111. The van der Waals surface area contributed by atoms with E-state index in [-0.39, 0.29) is 22.4 Å². The molecule has 0 bridgehead atoms. The average molecular weight is 1530 g/mol. The predicted molar refractivity (Wildman–Crippen MR) is 455 cm³/mol. The van der Waals surface area contributed by atoms with E-state index in [1.807, 2.05) is 315 Å². The third-order valence-electron chi connectivity index (χ3n) is 20.8. The molecule has 20 rings (SSSR count). The maximum Gasteiger partial charge on any atom is 0.416 e. The van der Waals surface area contributed by atoms with Crippen LogP contribution in [0.1, 0.15) is 11.1 Å². The molecule has 118 heavy (non-hydrogen) atoms. The fourth-order valence-electron chi connectivity index (χ4n) is 15.1. The molecule has 0 N–H and O–H groups in total. The van der Waals surface area contributed by atoms with Gasteiger partial charge < -0.3 is 9.13 Å². The lowest BCUT2D eigenvalue weighted by molar-refractivity contribution is -0.137. The van der Waals surface area contributed by atoms with Crippen molar-refractivity contribution in [3.63, 3.8) is 0 Å². The molecule has 16 nitrogen and oxygen atoms in total. The quantitative estimate of drug-likeness (QED) is 0.0881. The fourth-order valence-corrected chi connectivity index (χ4v) is 15.1. The molecule has 0 radical (unpaired) electrons. The van der Waals surface area contributed by atoms with Gasteiger partial charge in [0.15, 0.2) is 75.6 Å². The fraction of sp³-hybridized carbons (Fsp3) is 0.0101. The van der Waals surface area contributed by atoms with E-state index in [9.17, 15) is 25.0 Å². The van der Waals surface area contributed by atoms with E-state index >= 15 is 0 Å². The highest BCUT2D eigenvalue weighted by Gasteiger charge is 2.33. The molecule has 554 valence electrons. The van der Waals surface area contributed by atoms with Crippen molar-refractivity contribution in [3.05, 3.63) is 368 Å². The number of rotatable bonds is 15. The molecule has 0 unspecified atom stereocenters. The summed E-state index contributed by atoms with van der Waals surface area (Å²) >= 11 is 0. The van der Waals surface area contributed by atoms with E-state index in [1.54, 1.807) is 12.1 Å². The Labute approximate surface area is 672 Å². The Hall–Kier alpha value is -16.5. The molecule has 0 saturated carbocycles. The van der Waals surface area contributed by atoms with Gasteiger partial charge in [0.1, 0.15) is 0 Å². The summed E-state index contributed by atoms with van der Waals surface area (Å²) in [7, 11) is 0. The van der Waals surface area contributed by atoms with Gasteiger partial charge >= 0.3 is 6.18 Å². The lowest BCUT2D eigenvalue weighted by Crippen LogP contribution is -2.07. The zero-order valence-electron chi connectivity index (χ0n) is 62.2.